The number of aromatic nitrogens is 3. The summed E-state index contributed by atoms with van der Waals surface area (Å²) in [4.78, 5) is 26.8. The summed E-state index contributed by atoms with van der Waals surface area (Å²) in [6, 6.07) is 24.1. The van der Waals surface area contributed by atoms with Gasteiger partial charge in [0.25, 0.3) is 5.56 Å². The number of hydrogen-bond donors (Lipinski definition) is 0. The fourth-order valence-electron chi connectivity index (χ4n) is 5.19. The summed E-state index contributed by atoms with van der Waals surface area (Å²) < 4.78 is 11.5. The summed E-state index contributed by atoms with van der Waals surface area (Å²) in [7, 11) is 3.25. The maximum absolute atomic E-state index is 13.7. The highest BCUT2D eigenvalue weighted by molar-refractivity contribution is 5.98. The second kappa shape index (κ2) is 7.60. The standard InChI is InChI=1S/C29H25N3O3/c1-17-13-15-19(16-14-17)24-23-25(30(3)29(34)31(4)28(23)33)26-27(20-10-6-5-9-18(20)2)35-22-12-8-7-11-21(22)32(24)26/h5-16,27H,1-4H3. The van der Waals surface area contributed by atoms with Gasteiger partial charge in [0, 0.05) is 19.7 Å². The van der Waals surface area contributed by atoms with E-state index >= 15 is 0 Å². The Balaban J connectivity index is 1.88. The van der Waals surface area contributed by atoms with Crippen molar-refractivity contribution in [2.45, 2.75) is 20.0 Å². The van der Waals surface area contributed by atoms with Crippen molar-refractivity contribution in [3.05, 3.63) is 116 Å². The molecule has 0 spiro atoms. The molecular weight excluding hydrogens is 438 g/mol. The molecule has 3 heterocycles. The molecule has 0 radical (unpaired) electrons. The van der Waals surface area contributed by atoms with E-state index in [0.29, 0.717) is 10.9 Å². The van der Waals surface area contributed by atoms with E-state index in [0.717, 1.165) is 45.1 Å². The Kier molecular flexibility index (Phi) is 4.61. The molecule has 0 bridgehead atoms. The maximum Gasteiger partial charge on any atom is 0.331 e. The van der Waals surface area contributed by atoms with Gasteiger partial charge < -0.3 is 9.30 Å². The topological polar surface area (TPSA) is 58.2 Å². The summed E-state index contributed by atoms with van der Waals surface area (Å²) in [5.41, 5.74) is 6.39. The van der Waals surface area contributed by atoms with Crippen molar-refractivity contribution in [3.63, 3.8) is 0 Å². The van der Waals surface area contributed by atoms with Crippen LogP contribution in [0.1, 0.15) is 28.5 Å². The van der Waals surface area contributed by atoms with E-state index in [1.165, 1.54) is 11.6 Å². The van der Waals surface area contributed by atoms with Gasteiger partial charge in [-0.2, -0.15) is 0 Å². The fourth-order valence-corrected chi connectivity index (χ4v) is 5.19. The molecule has 0 aliphatic carbocycles. The van der Waals surface area contributed by atoms with Crippen LogP contribution in [0.5, 0.6) is 5.75 Å². The van der Waals surface area contributed by atoms with Gasteiger partial charge in [-0.1, -0.05) is 66.2 Å². The molecule has 3 aromatic carbocycles. The quantitative estimate of drug-likeness (QED) is 0.378. The Morgan fingerprint density at radius 1 is 0.800 bits per heavy atom. The molecule has 2 aromatic heterocycles. The Morgan fingerprint density at radius 2 is 1.49 bits per heavy atom. The molecule has 0 N–H and O–H groups in total. The number of nitrogens with zero attached hydrogens (tertiary/aromatic N) is 3. The zero-order valence-electron chi connectivity index (χ0n) is 20.1. The Labute approximate surface area is 202 Å². The lowest BCUT2D eigenvalue weighted by atomic mass is 9.99. The normalized spacial score (nSPS) is 14.5. The number of aryl methyl sites for hydroxylation is 3. The van der Waals surface area contributed by atoms with E-state index < -0.39 is 6.10 Å². The maximum atomic E-state index is 13.7. The van der Waals surface area contributed by atoms with Gasteiger partial charge in [-0.05, 0) is 37.1 Å². The SMILES string of the molecule is Cc1ccc(-c2c3c(=O)n(C)c(=O)n(C)c3c3n2-c2ccccc2OC3c2ccccc2C)cc1. The third-order valence-corrected chi connectivity index (χ3v) is 7.00. The highest BCUT2D eigenvalue weighted by atomic mass is 16.5. The van der Waals surface area contributed by atoms with Crippen LogP contribution in [-0.2, 0) is 14.1 Å². The van der Waals surface area contributed by atoms with E-state index in [1.54, 1.807) is 11.6 Å². The Bertz CT molecular complexity index is 1750. The molecule has 0 saturated carbocycles. The summed E-state index contributed by atoms with van der Waals surface area (Å²) in [5.74, 6) is 0.726. The van der Waals surface area contributed by atoms with Crippen molar-refractivity contribution in [3.8, 4) is 22.7 Å². The third-order valence-electron chi connectivity index (χ3n) is 7.00. The first-order valence-electron chi connectivity index (χ1n) is 11.6. The van der Waals surface area contributed by atoms with Gasteiger partial charge in [0.05, 0.1) is 28.0 Å². The molecule has 6 nitrogen and oxygen atoms in total. The lowest BCUT2D eigenvalue weighted by Crippen LogP contribution is -2.37. The number of ether oxygens (including phenoxy) is 1. The lowest BCUT2D eigenvalue weighted by molar-refractivity contribution is 0.228. The van der Waals surface area contributed by atoms with Gasteiger partial charge in [-0.25, -0.2) is 4.79 Å². The van der Waals surface area contributed by atoms with Crippen molar-refractivity contribution < 1.29 is 4.74 Å². The monoisotopic (exact) mass is 463 g/mol. The van der Waals surface area contributed by atoms with E-state index in [9.17, 15) is 9.59 Å². The zero-order valence-corrected chi connectivity index (χ0v) is 20.1. The Hall–Kier alpha value is -4.32. The lowest BCUT2D eigenvalue weighted by Gasteiger charge is -2.30. The van der Waals surface area contributed by atoms with E-state index in [-0.39, 0.29) is 11.2 Å². The predicted molar refractivity (Wildman–Crippen MR) is 138 cm³/mol. The minimum absolute atomic E-state index is 0.318. The summed E-state index contributed by atoms with van der Waals surface area (Å²) in [5, 5.41) is 0.507. The van der Waals surface area contributed by atoms with Gasteiger partial charge >= 0.3 is 5.69 Å². The number of fused-ring (bicyclic) bond motifs is 5. The van der Waals surface area contributed by atoms with Crippen LogP contribution in [0.25, 0.3) is 27.8 Å². The molecule has 0 saturated heterocycles. The van der Waals surface area contributed by atoms with Gasteiger partial charge in [0.15, 0.2) is 6.10 Å². The Morgan fingerprint density at radius 3 is 2.23 bits per heavy atom. The van der Waals surface area contributed by atoms with Crippen molar-refractivity contribution in [1.29, 1.82) is 0 Å². The van der Waals surface area contributed by atoms with Gasteiger partial charge in [-0.15, -0.1) is 0 Å². The highest BCUT2D eigenvalue weighted by Crippen LogP contribution is 2.46. The van der Waals surface area contributed by atoms with Crippen molar-refractivity contribution in [2.75, 3.05) is 0 Å². The van der Waals surface area contributed by atoms with Crippen LogP contribution in [0.15, 0.2) is 82.4 Å². The van der Waals surface area contributed by atoms with Crippen molar-refractivity contribution >= 4 is 10.9 Å². The first-order valence-corrected chi connectivity index (χ1v) is 11.6. The second-order valence-corrected chi connectivity index (χ2v) is 9.19. The van der Waals surface area contributed by atoms with Crippen molar-refractivity contribution in [2.24, 2.45) is 14.1 Å². The van der Waals surface area contributed by atoms with Crippen LogP contribution < -0.4 is 16.0 Å². The molecular formula is C29H25N3O3. The molecule has 1 aliphatic heterocycles. The minimum Gasteiger partial charge on any atom is -0.477 e. The van der Waals surface area contributed by atoms with E-state index in [2.05, 4.69) is 4.57 Å². The van der Waals surface area contributed by atoms with Crippen LogP contribution in [0.2, 0.25) is 0 Å². The molecule has 5 aromatic rings. The van der Waals surface area contributed by atoms with Gasteiger partial charge in [-0.3, -0.25) is 13.9 Å². The molecule has 0 amide bonds. The van der Waals surface area contributed by atoms with Crippen LogP contribution in [0.3, 0.4) is 0 Å². The summed E-state index contributed by atoms with van der Waals surface area (Å²) >= 11 is 0. The molecule has 1 unspecified atom stereocenters. The molecule has 0 fully saturated rings. The van der Waals surface area contributed by atoms with E-state index in [4.69, 9.17) is 4.74 Å². The first-order chi connectivity index (χ1) is 16.9. The molecule has 1 aliphatic rings. The minimum atomic E-state index is -0.495. The van der Waals surface area contributed by atoms with Crippen LogP contribution in [0.4, 0.5) is 0 Å². The first kappa shape index (κ1) is 21.2. The fraction of sp³-hybridized carbons (Fsp3) is 0.172. The number of rotatable bonds is 2. The number of hydrogen-bond acceptors (Lipinski definition) is 3. The summed E-state index contributed by atoms with van der Waals surface area (Å²) in [6.07, 6.45) is -0.495. The molecule has 35 heavy (non-hydrogen) atoms. The second-order valence-electron chi connectivity index (χ2n) is 9.19. The smallest absolute Gasteiger partial charge is 0.331 e. The molecule has 174 valence electrons. The van der Waals surface area contributed by atoms with Crippen LogP contribution in [0, 0.1) is 13.8 Å². The third kappa shape index (κ3) is 2.96. The van der Waals surface area contributed by atoms with Gasteiger partial charge in [0.1, 0.15) is 5.75 Å². The van der Waals surface area contributed by atoms with Crippen LogP contribution >= 0.6 is 0 Å². The largest absolute Gasteiger partial charge is 0.477 e. The average molecular weight is 464 g/mol. The number of benzene rings is 3. The van der Waals surface area contributed by atoms with Gasteiger partial charge in [0.2, 0.25) is 0 Å². The van der Waals surface area contributed by atoms with Crippen LogP contribution in [-0.4, -0.2) is 13.7 Å². The average Bonchev–Trinajstić information content (AvgIpc) is 3.23. The van der Waals surface area contributed by atoms with Crippen molar-refractivity contribution in [1.82, 2.24) is 13.7 Å². The molecule has 6 rings (SSSR count). The highest BCUT2D eigenvalue weighted by Gasteiger charge is 2.36. The molecule has 1 atom stereocenters. The molecule has 6 heteroatoms. The number of para-hydroxylation sites is 2. The zero-order chi connectivity index (χ0) is 24.4. The summed E-state index contributed by atoms with van der Waals surface area (Å²) in [6.45, 7) is 4.09. The van der Waals surface area contributed by atoms with E-state index in [1.807, 2.05) is 86.6 Å². The predicted octanol–water partition coefficient (Wildman–Crippen LogP) is 4.79.